The highest BCUT2D eigenvalue weighted by Crippen LogP contribution is 2.36. The average Bonchev–Trinajstić information content (AvgIpc) is 2.82. The molecule has 26 heavy (non-hydrogen) atoms. The lowest BCUT2D eigenvalue weighted by Crippen LogP contribution is -2.41. The summed E-state index contributed by atoms with van der Waals surface area (Å²) in [5.41, 5.74) is 1.28. The third-order valence-electron chi connectivity index (χ3n) is 4.81. The molecule has 3 rings (SSSR count). The molecule has 0 bridgehead atoms. The van der Waals surface area contributed by atoms with Gasteiger partial charge in [-0.1, -0.05) is 42.5 Å². The summed E-state index contributed by atoms with van der Waals surface area (Å²) in [6, 6.07) is 17.3. The topological polar surface area (TPSA) is 36.9 Å². The largest absolute Gasteiger partial charge is 0.494 e. The molecule has 0 saturated carbocycles. The summed E-state index contributed by atoms with van der Waals surface area (Å²) in [5, 5.41) is 0.103. The Bertz CT molecular complexity index is 743. The van der Waals surface area contributed by atoms with Crippen molar-refractivity contribution in [1.82, 2.24) is 0 Å². The first-order valence-electron chi connectivity index (χ1n) is 8.61. The minimum atomic E-state index is -0.363. The standard InChI is InChI=1S/C20H23BO4S/c1-19(2)20(3,4)25-21(24-19)16-12-10-15(11-13-16)14-22-18(26)23-17-8-6-5-7-9-17/h5-13H,14H2,1-4H3. The van der Waals surface area contributed by atoms with Crippen molar-refractivity contribution in [1.29, 1.82) is 0 Å². The zero-order valence-corrected chi connectivity index (χ0v) is 16.3. The smallest absolute Gasteiger partial charge is 0.452 e. The van der Waals surface area contributed by atoms with Crippen LogP contribution in [0.4, 0.5) is 0 Å². The third kappa shape index (κ3) is 4.26. The Hall–Kier alpha value is -1.89. The van der Waals surface area contributed by atoms with Crippen molar-refractivity contribution in [3.63, 3.8) is 0 Å². The molecule has 0 radical (unpaired) electrons. The molecule has 4 nitrogen and oxygen atoms in total. The first-order valence-corrected chi connectivity index (χ1v) is 9.02. The normalized spacial score (nSPS) is 17.8. The maximum Gasteiger partial charge on any atom is 0.494 e. The first kappa shape index (κ1) is 18.9. The molecule has 0 aliphatic carbocycles. The van der Waals surface area contributed by atoms with Crippen LogP contribution in [0, 0.1) is 0 Å². The van der Waals surface area contributed by atoms with Crippen molar-refractivity contribution in [3.8, 4) is 5.75 Å². The Morgan fingerprint density at radius 1 is 0.923 bits per heavy atom. The lowest BCUT2D eigenvalue weighted by atomic mass is 9.79. The molecule has 2 aromatic rings. The summed E-state index contributed by atoms with van der Waals surface area (Å²) >= 11 is 5.11. The number of rotatable bonds is 4. The van der Waals surface area contributed by atoms with Crippen LogP contribution in [-0.4, -0.2) is 23.6 Å². The van der Waals surface area contributed by atoms with Crippen molar-refractivity contribution in [2.75, 3.05) is 0 Å². The van der Waals surface area contributed by atoms with Gasteiger partial charge in [-0.15, -0.1) is 0 Å². The molecule has 1 aliphatic rings. The van der Waals surface area contributed by atoms with Crippen LogP contribution in [0.5, 0.6) is 5.75 Å². The molecule has 0 N–H and O–H groups in total. The number of para-hydroxylation sites is 1. The third-order valence-corrected chi connectivity index (χ3v) is 5.01. The molecule has 1 aliphatic heterocycles. The lowest BCUT2D eigenvalue weighted by Gasteiger charge is -2.32. The van der Waals surface area contributed by atoms with E-state index in [0.717, 1.165) is 11.0 Å². The van der Waals surface area contributed by atoms with Crippen LogP contribution in [0.1, 0.15) is 33.3 Å². The highest BCUT2D eigenvalue weighted by atomic mass is 32.1. The van der Waals surface area contributed by atoms with Crippen LogP contribution in [-0.2, 0) is 20.7 Å². The molecule has 0 amide bonds. The summed E-state index contributed by atoms with van der Waals surface area (Å²) in [4.78, 5) is 0. The van der Waals surface area contributed by atoms with E-state index < -0.39 is 0 Å². The maximum absolute atomic E-state index is 6.06. The summed E-state index contributed by atoms with van der Waals surface area (Å²) in [7, 11) is -0.363. The number of benzene rings is 2. The highest BCUT2D eigenvalue weighted by Gasteiger charge is 2.51. The fourth-order valence-corrected chi connectivity index (χ4v) is 2.66. The predicted octanol–water partition coefficient (Wildman–Crippen LogP) is 3.87. The van der Waals surface area contributed by atoms with E-state index in [1.807, 2.05) is 82.3 Å². The minimum absolute atomic E-state index is 0.103. The Kier molecular flexibility index (Phi) is 5.37. The molecular weight excluding hydrogens is 347 g/mol. The van der Waals surface area contributed by atoms with E-state index in [2.05, 4.69) is 0 Å². The Balaban J connectivity index is 1.54. The van der Waals surface area contributed by atoms with Gasteiger partial charge in [-0.2, -0.15) is 0 Å². The molecule has 0 aromatic heterocycles. The zero-order chi connectivity index (χ0) is 18.8. The van der Waals surface area contributed by atoms with Gasteiger partial charge in [0.1, 0.15) is 12.4 Å². The van der Waals surface area contributed by atoms with Crippen LogP contribution >= 0.6 is 12.2 Å². The van der Waals surface area contributed by atoms with Gasteiger partial charge in [0.2, 0.25) is 0 Å². The van der Waals surface area contributed by atoms with E-state index in [1.54, 1.807) is 0 Å². The fourth-order valence-electron chi connectivity index (χ4n) is 2.51. The number of hydrogen-bond donors (Lipinski definition) is 0. The molecule has 1 saturated heterocycles. The van der Waals surface area contributed by atoms with E-state index in [1.165, 1.54) is 0 Å². The van der Waals surface area contributed by atoms with Crippen LogP contribution in [0.25, 0.3) is 0 Å². The second-order valence-electron chi connectivity index (χ2n) is 7.28. The van der Waals surface area contributed by atoms with Gasteiger partial charge in [-0.3, -0.25) is 0 Å². The second-order valence-corrected chi connectivity index (χ2v) is 7.62. The molecule has 6 heteroatoms. The van der Waals surface area contributed by atoms with Gasteiger partial charge in [-0.05, 0) is 50.9 Å². The van der Waals surface area contributed by atoms with Crippen LogP contribution in [0.15, 0.2) is 54.6 Å². The zero-order valence-electron chi connectivity index (χ0n) is 15.5. The molecule has 2 aromatic carbocycles. The Labute approximate surface area is 160 Å². The quantitative estimate of drug-likeness (QED) is 0.603. The van der Waals surface area contributed by atoms with Gasteiger partial charge < -0.3 is 18.8 Å². The van der Waals surface area contributed by atoms with E-state index in [9.17, 15) is 0 Å². The molecule has 0 atom stereocenters. The molecule has 0 spiro atoms. The summed E-state index contributed by atoms with van der Waals surface area (Å²) in [5.74, 6) is 0.661. The van der Waals surface area contributed by atoms with Gasteiger partial charge >= 0.3 is 12.4 Å². The SMILES string of the molecule is CC1(C)OB(c2ccc(COC(=S)Oc3ccccc3)cc2)OC1(C)C. The van der Waals surface area contributed by atoms with Gasteiger partial charge in [0.05, 0.1) is 11.2 Å². The Morgan fingerprint density at radius 3 is 2.08 bits per heavy atom. The van der Waals surface area contributed by atoms with Gasteiger partial charge in [0.25, 0.3) is 0 Å². The Morgan fingerprint density at radius 2 is 1.50 bits per heavy atom. The minimum Gasteiger partial charge on any atom is -0.452 e. The van der Waals surface area contributed by atoms with Gasteiger partial charge in [-0.25, -0.2) is 0 Å². The monoisotopic (exact) mass is 370 g/mol. The van der Waals surface area contributed by atoms with E-state index >= 15 is 0 Å². The molecule has 0 unspecified atom stereocenters. The van der Waals surface area contributed by atoms with Gasteiger partial charge in [0, 0.05) is 12.2 Å². The number of ether oxygens (including phenoxy) is 2. The first-order chi connectivity index (χ1) is 12.3. The maximum atomic E-state index is 6.06. The summed E-state index contributed by atoms with van der Waals surface area (Å²) in [6.07, 6.45) is 0. The van der Waals surface area contributed by atoms with Gasteiger partial charge in [0.15, 0.2) is 0 Å². The second kappa shape index (κ2) is 7.39. The van der Waals surface area contributed by atoms with Crippen LogP contribution in [0.2, 0.25) is 0 Å². The van der Waals surface area contributed by atoms with E-state index in [0.29, 0.717) is 12.4 Å². The fraction of sp³-hybridized carbons (Fsp3) is 0.350. The van der Waals surface area contributed by atoms with E-state index in [4.69, 9.17) is 31.0 Å². The van der Waals surface area contributed by atoms with Crippen molar-refractivity contribution in [2.24, 2.45) is 0 Å². The average molecular weight is 370 g/mol. The predicted molar refractivity (Wildman–Crippen MR) is 107 cm³/mol. The van der Waals surface area contributed by atoms with Crippen molar-refractivity contribution >= 4 is 30.0 Å². The van der Waals surface area contributed by atoms with Crippen LogP contribution in [0.3, 0.4) is 0 Å². The van der Waals surface area contributed by atoms with Crippen LogP contribution < -0.4 is 10.2 Å². The highest BCUT2D eigenvalue weighted by molar-refractivity contribution is 7.79. The molecule has 136 valence electrons. The summed E-state index contributed by atoms with van der Waals surface area (Å²) in [6.45, 7) is 8.52. The van der Waals surface area contributed by atoms with E-state index in [-0.39, 0.29) is 23.6 Å². The molecule has 1 fully saturated rings. The molecule has 1 heterocycles. The van der Waals surface area contributed by atoms with Crippen molar-refractivity contribution < 1.29 is 18.8 Å². The summed E-state index contributed by atoms with van der Waals surface area (Å²) < 4.78 is 23.1. The van der Waals surface area contributed by atoms with Crippen molar-refractivity contribution in [2.45, 2.75) is 45.5 Å². The van der Waals surface area contributed by atoms with Crippen molar-refractivity contribution in [3.05, 3.63) is 60.2 Å². The lowest BCUT2D eigenvalue weighted by molar-refractivity contribution is 0.00578. The molecular formula is C20H23BO4S. The number of thiocarbonyl (C=S) groups is 1. The number of hydrogen-bond acceptors (Lipinski definition) is 5.